The summed E-state index contributed by atoms with van der Waals surface area (Å²) in [5.41, 5.74) is 5.34. The molecule has 0 aromatic carbocycles. The molecule has 1 aliphatic heterocycles. The normalized spacial score (nSPS) is 23.5. The Morgan fingerprint density at radius 3 is 2.69 bits per heavy atom. The van der Waals surface area contributed by atoms with E-state index in [1.807, 2.05) is 13.8 Å². The monoisotopic (exact) mass is 188 g/mol. The lowest BCUT2D eigenvalue weighted by atomic mass is 10.1. The number of hydrogen-bond donors (Lipinski definition) is 1. The zero-order valence-electron chi connectivity index (χ0n) is 9.25. The molecule has 1 heterocycles. The third-order valence-corrected chi connectivity index (χ3v) is 2.05. The van der Waals surface area contributed by atoms with E-state index >= 15 is 0 Å². The Balaban J connectivity index is 0.000000671. The van der Waals surface area contributed by atoms with Crippen molar-refractivity contribution in [3.05, 3.63) is 0 Å². The van der Waals surface area contributed by atoms with Crippen molar-refractivity contribution in [3.63, 3.8) is 0 Å². The Bertz CT molecular complexity index is 109. The number of rotatable bonds is 3. The highest BCUT2D eigenvalue weighted by molar-refractivity contribution is 4.70. The zero-order chi connectivity index (χ0) is 10.1. The van der Waals surface area contributed by atoms with E-state index in [1.165, 1.54) is 19.4 Å². The minimum absolute atomic E-state index is 0.428. The summed E-state index contributed by atoms with van der Waals surface area (Å²) in [6, 6.07) is 0. The first kappa shape index (κ1) is 12.9. The molecule has 0 spiro atoms. The van der Waals surface area contributed by atoms with Crippen molar-refractivity contribution < 1.29 is 4.74 Å². The molecule has 13 heavy (non-hydrogen) atoms. The second kappa shape index (κ2) is 8.48. The molecule has 1 atom stereocenters. The van der Waals surface area contributed by atoms with E-state index in [-0.39, 0.29) is 0 Å². The summed E-state index contributed by atoms with van der Waals surface area (Å²) in [7, 11) is 2.14. The fraction of sp³-hybridized carbons (Fsp3) is 1.00. The van der Waals surface area contributed by atoms with E-state index in [0.29, 0.717) is 19.3 Å². The van der Waals surface area contributed by atoms with Gasteiger partial charge in [0.1, 0.15) is 0 Å². The molecule has 0 aromatic heterocycles. The second-order valence-corrected chi connectivity index (χ2v) is 3.19. The lowest BCUT2D eigenvalue weighted by Crippen LogP contribution is -2.37. The minimum Gasteiger partial charge on any atom is -0.376 e. The summed E-state index contributed by atoms with van der Waals surface area (Å²) in [6.45, 7) is 7.63. The lowest BCUT2D eigenvalue weighted by Gasteiger charge is -2.29. The van der Waals surface area contributed by atoms with Crippen LogP contribution in [0.25, 0.3) is 0 Å². The smallest absolute Gasteiger partial charge is 0.0703 e. The predicted molar refractivity (Wildman–Crippen MR) is 56.9 cm³/mol. The molecule has 0 saturated carbocycles. The first-order valence-corrected chi connectivity index (χ1v) is 5.33. The number of nitrogens with zero attached hydrogens (tertiary/aromatic N) is 1. The van der Waals surface area contributed by atoms with Gasteiger partial charge in [-0.1, -0.05) is 13.8 Å². The number of piperidine rings is 1. The van der Waals surface area contributed by atoms with E-state index in [2.05, 4.69) is 11.9 Å². The highest BCUT2D eigenvalue weighted by Crippen LogP contribution is 2.10. The Morgan fingerprint density at radius 1 is 1.46 bits per heavy atom. The van der Waals surface area contributed by atoms with Crippen LogP contribution in [0.5, 0.6) is 0 Å². The van der Waals surface area contributed by atoms with Crippen LogP contribution in [-0.4, -0.2) is 44.3 Å². The molecular weight excluding hydrogens is 164 g/mol. The van der Waals surface area contributed by atoms with Crippen LogP contribution in [0, 0.1) is 0 Å². The Hall–Kier alpha value is -0.120. The molecule has 2 N–H and O–H groups in total. The van der Waals surface area contributed by atoms with Gasteiger partial charge >= 0.3 is 0 Å². The largest absolute Gasteiger partial charge is 0.376 e. The summed E-state index contributed by atoms with van der Waals surface area (Å²) >= 11 is 0. The van der Waals surface area contributed by atoms with E-state index < -0.39 is 0 Å². The van der Waals surface area contributed by atoms with Gasteiger partial charge in [0.15, 0.2) is 0 Å². The van der Waals surface area contributed by atoms with Crippen molar-refractivity contribution in [1.29, 1.82) is 0 Å². The van der Waals surface area contributed by atoms with Crippen LogP contribution >= 0.6 is 0 Å². The van der Waals surface area contributed by atoms with Crippen molar-refractivity contribution in [2.45, 2.75) is 32.8 Å². The second-order valence-electron chi connectivity index (χ2n) is 3.19. The summed E-state index contributed by atoms with van der Waals surface area (Å²) in [6.07, 6.45) is 2.88. The fourth-order valence-electron chi connectivity index (χ4n) is 1.49. The quantitative estimate of drug-likeness (QED) is 0.720. The van der Waals surface area contributed by atoms with Gasteiger partial charge in [0, 0.05) is 13.1 Å². The molecule has 1 fully saturated rings. The van der Waals surface area contributed by atoms with Crippen LogP contribution in [0.3, 0.4) is 0 Å². The zero-order valence-corrected chi connectivity index (χ0v) is 9.25. The maximum Gasteiger partial charge on any atom is 0.0703 e. The maximum absolute atomic E-state index is 5.54. The topological polar surface area (TPSA) is 38.5 Å². The van der Waals surface area contributed by atoms with Gasteiger partial charge in [0.2, 0.25) is 0 Å². The van der Waals surface area contributed by atoms with Crippen LogP contribution in [-0.2, 0) is 4.74 Å². The highest BCUT2D eigenvalue weighted by atomic mass is 16.5. The van der Waals surface area contributed by atoms with Crippen molar-refractivity contribution in [2.75, 3.05) is 33.3 Å². The number of likely N-dealkylation sites (N-methyl/N-ethyl adjacent to an activating group) is 1. The number of nitrogens with two attached hydrogens (primary N) is 1. The minimum atomic E-state index is 0.428. The number of hydrogen-bond acceptors (Lipinski definition) is 3. The first-order valence-electron chi connectivity index (χ1n) is 5.33. The number of ether oxygens (including phenoxy) is 1. The van der Waals surface area contributed by atoms with Gasteiger partial charge in [-0.2, -0.15) is 0 Å². The summed E-state index contributed by atoms with van der Waals surface area (Å²) < 4.78 is 5.54. The standard InChI is InChI=1S/C8H18N2O.C2H6/c1-10-5-2-3-8(7-10)11-6-4-9;1-2/h8H,2-7,9H2,1H3;1-2H3. The molecule has 3 heteroatoms. The average Bonchev–Trinajstić information content (AvgIpc) is 2.18. The SMILES string of the molecule is CC.CN1CCCC(OCCN)C1. The van der Waals surface area contributed by atoms with Crippen LogP contribution < -0.4 is 5.73 Å². The first-order chi connectivity index (χ1) is 6.33. The Labute approximate surface area is 82.2 Å². The van der Waals surface area contributed by atoms with Crippen molar-refractivity contribution in [3.8, 4) is 0 Å². The van der Waals surface area contributed by atoms with Gasteiger partial charge in [0.25, 0.3) is 0 Å². The summed E-state index contributed by atoms with van der Waals surface area (Å²) in [5, 5.41) is 0. The van der Waals surface area contributed by atoms with Gasteiger partial charge in [-0.15, -0.1) is 0 Å². The molecular formula is C10H24N2O. The van der Waals surface area contributed by atoms with Crippen molar-refractivity contribution >= 4 is 0 Å². The molecule has 0 amide bonds. The van der Waals surface area contributed by atoms with Gasteiger partial charge in [0.05, 0.1) is 12.7 Å². The molecule has 1 rings (SSSR count). The summed E-state index contributed by atoms with van der Waals surface area (Å²) in [5.74, 6) is 0. The Morgan fingerprint density at radius 2 is 2.15 bits per heavy atom. The molecule has 1 unspecified atom stereocenters. The Kier molecular flexibility index (Phi) is 8.40. The highest BCUT2D eigenvalue weighted by Gasteiger charge is 2.16. The summed E-state index contributed by atoms with van der Waals surface area (Å²) in [4.78, 5) is 2.31. The third kappa shape index (κ3) is 6.02. The van der Waals surface area contributed by atoms with Crippen molar-refractivity contribution in [1.82, 2.24) is 4.90 Å². The van der Waals surface area contributed by atoms with Crippen molar-refractivity contribution in [2.24, 2.45) is 5.73 Å². The van der Waals surface area contributed by atoms with Crippen LogP contribution in [0.15, 0.2) is 0 Å². The molecule has 1 aliphatic rings. The van der Waals surface area contributed by atoms with Gasteiger partial charge in [-0.25, -0.2) is 0 Å². The fourth-order valence-corrected chi connectivity index (χ4v) is 1.49. The molecule has 0 aliphatic carbocycles. The molecule has 3 nitrogen and oxygen atoms in total. The molecule has 80 valence electrons. The molecule has 0 radical (unpaired) electrons. The van der Waals surface area contributed by atoms with E-state index in [1.54, 1.807) is 0 Å². The van der Waals surface area contributed by atoms with E-state index in [0.717, 1.165) is 6.54 Å². The van der Waals surface area contributed by atoms with Gasteiger partial charge < -0.3 is 15.4 Å². The van der Waals surface area contributed by atoms with Crippen LogP contribution in [0.4, 0.5) is 0 Å². The van der Waals surface area contributed by atoms with Crippen LogP contribution in [0.2, 0.25) is 0 Å². The third-order valence-electron chi connectivity index (χ3n) is 2.05. The molecule has 0 aromatic rings. The van der Waals surface area contributed by atoms with E-state index in [9.17, 15) is 0 Å². The molecule has 0 bridgehead atoms. The lowest BCUT2D eigenvalue weighted by molar-refractivity contribution is 0.0105. The maximum atomic E-state index is 5.54. The van der Waals surface area contributed by atoms with E-state index in [4.69, 9.17) is 10.5 Å². The molecule has 1 saturated heterocycles. The van der Waals surface area contributed by atoms with Crippen LogP contribution in [0.1, 0.15) is 26.7 Å². The average molecular weight is 188 g/mol. The van der Waals surface area contributed by atoms with Gasteiger partial charge in [-0.05, 0) is 26.4 Å². The van der Waals surface area contributed by atoms with Gasteiger partial charge in [-0.3, -0.25) is 0 Å². The predicted octanol–water partition coefficient (Wildman–Crippen LogP) is 1.08. The number of likely N-dealkylation sites (tertiary alicyclic amines) is 1.